The second-order valence-electron chi connectivity index (χ2n) is 4.98. The van der Waals surface area contributed by atoms with Crippen LogP contribution in [0.25, 0.3) is 0 Å². The Morgan fingerprint density at radius 1 is 1.06 bits per heavy atom. The van der Waals surface area contributed by atoms with E-state index in [1.165, 1.54) is 4.31 Å². The predicted molar refractivity (Wildman–Crippen MR) is 61.9 cm³/mol. The Kier molecular flexibility index (Phi) is 2.18. The second-order valence-corrected chi connectivity index (χ2v) is 6.92. The van der Waals surface area contributed by atoms with Gasteiger partial charge in [0.1, 0.15) is 5.78 Å². The number of ketones is 1. The van der Waals surface area contributed by atoms with Crippen LogP contribution in [0, 0.1) is 5.41 Å². The molecule has 1 aromatic carbocycles. The summed E-state index contributed by atoms with van der Waals surface area (Å²) in [5.41, 5.74) is -0.0288. The minimum atomic E-state index is -3.34. The van der Waals surface area contributed by atoms with E-state index in [1.807, 2.05) is 0 Å². The van der Waals surface area contributed by atoms with E-state index in [4.69, 9.17) is 0 Å². The fourth-order valence-electron chi connectivity index (χ4n) is 2.62. The quantitative estimate of drug-likeness (QED) is 0.789. The molecule has 0 bridgehead atoms. The van der Waals surface area contributed by atoms with E-state index in [0.717, 1.165) is 0 Å². The number of carbonyl (C=O) groups excluding carboxylic acids is 1. The molecule has 0 atom stereocenters. The third-order valence-electron chi connectivity index (χ3n) is 3.55. The van der Waals surface area contributed by atoms with Crippen LogP contribution in [0.1, 0.15) is 12.8 Å². The first-order chi connectivity index (χ1) is 8.02. The zero-order valence-electron chi connectivity index (χ0n) is 9.30. The molecule has 2 fully saturated rings. The van der Waals surface area contributed by atoms with Crippen LogP contribution in [0.5, 0.6) is 0 Å². The molecule has 0 amide bonds. The van der Waals surface area contributed by atoms with E-state index >= 15 is 0 Å². The molecule has 0 N–H and O–H groups in total. The minimum absolute atomic E-state index is 0.0288. The molecule has 1 aromatic rings. The van der Waals surface area contributed by atoms with Gasteiger partial charge in [0.05, 0.1) is 4.90 Å². The molecule has 4 nitrogen and oxygen atoms in total. The maximum atomic E-state index is 12.2. The van der Waals surface area contributed by atoms with Crippen molar-refractivity contribution < 1.29 is 13.2 Å². The largest absolute Gasteiger partial charge is 0.300 e. The van der Waals surface area contributed by atoms with Crippen molar-refractivity contribution in [1.29, 1.82) is 0 Å². The summed E-state index contributed by atoms with van der Waals surface area (Å²) in [6.45, 7) is 0.992. The van der Waals surface area contributed by atoms with Gasteiger partial charge >= 0.3 is 0 Å². The summed E-state index contributed by atoms with van der Waals surface area (Å²) in [7, 11) is -3.34. The molecule has 1 aliphatic heterocycles. The molecule has 0 unspecified atom stereocenters. The van der Waals surface area contributed by atoms with Gasteiger partial charge in [0.15, 0.2) is 0 Å². The molecule has 2 aliphatic rings. The fraction of sp³-hybridized carbons (Fsp3) is 0.417. The molecule has 1 spiro atoms. The number of hydrogen-bond donors (Lipinski definition) is 0. The van der Waals surface area contributed by atoms with Crippen molar-refractivity contribution in [2.24, 2.45) is 5.41 Å². The zero-order valence-corrected chi connectivity index (χ0v) is 10.1. The third-order valence-corrected chi connectivity index (χ3v) is 5.35. The van der Waals surface area contributed by atoms with Crippen LogP contribution < -0.4 is 0 Å². The van der Waals surface area contributed by atoms with E-state index in [9.17, 15) is 13.2 Å². The molecule has 5 heteroatoms. The lowest BCUT2D eigenvalue weighted by Gasteiger charge is -2.53. The minimum Gasteiger partial charge on any atom is -0.300 e. The first-order valence-corrected chi connectivity index (χ1v) is 7.03. The van der Waals surface area contributed by atoms with Crippen LogP contribution in [0.4, 0.5) is 0 Å². The highest BCUT2D eigenvalue weighted by Crippen LogP contribution is 2.47. The van der Waals surface area contributed by atoms with E-state index in [1.54, 1.807) is 30.3 Å². The maximum absolute atomic E-state index is 12.2. The van der Waals surface area contributed by atoms with Gasteiger partial charge in [-0.15, -0.1) is 0 Å². The lowest BCUT2D eigenvalue weighted by Crippen LogP contribution is -2.63. The molecule has 1 saturated carbocycles. The molecule has 90 valence electrons. The van der Waals surface area contributed by atoms with E-state index in [0.29, 0.717) is 30.8 Å². The second kappa shape index (κ2) is 3.40. The van der Waals surface area contributed by atoms with Gasteiger partial charge in [-0.2, -0.15) is 4.31 Å². The Labute approximate surface area is 100 Å². The number of sulfonamides is 1. The first-order valence-electron chi connectivity index (χ1n) is 5.59. The Morgan fingerprint density at radius 3 is 2.18 bits per heavy atom. The van der Waals surface area contributed by atoms with Gasteiger partial charge in [0.25, 0.3) is 0 Å². The summed E-state index contributed by atoms with van der Waals surface area (Å²) >= 11 is 0. The normalized spacial score (nSPS) is 23.2. The molecule has 0 aromatic heterocycles. The molecule has 1 saturated heterocycles. The standard InChI is InChI=1S/C12H13NO3S/c14-10-6-12(7-10)8-13(9-12)17(15,16)11-4-2-1-3-5-11/h1-5H,6-9H2. The van der Waals surface area contributed by atoms with Crippen molar-refractivity contribution in [1.82, 2.24) is 4.31 Å². The lowest BCUT2D eigenvalue weighted by atomic mass is 9.64. The molecule has 17 heavy (non-hydrogen) atoms. The average Bonchev–Trinajstić information content (AvgIpc) is 2.22. The molecule has 0 radical (unpaired) electrons. The average molecular weight is 251 g/mol. The summed E-state index contributed by atoms with van der Waals surface area (Å²) in [6, 6.07) is 8.43. The lowest BCUT2D eigenvalue weighted by molar-refractivity contribution is -0.140. The predicted octanol–water partition coefficient (Wildman–Crippen LogP) is 1.04. The summed E-state index contributed by atoms with van der Waals surface area (Å²) in [6.07, 6.45) is 1.10. The topological polar surface area (TPSA) is 54.5 Å². The number of rotatable bonds is 2. The highest BCUT2D eigenvalue weighted by Gasteiger charge is 2.55. The van der Waals surface area contributed by atoms with E-state index in [-0.39, 0.29) is 11.2 Å². The smallest absolute Gasteiger partial charge is 0.243 e. The Bertz CT molecular complexity index is 549. The third kappa shape index (κ3) is 1.61. The number of carbonyl (C=O) groups is 1. The summed E-state index contributed by atoms with van der Waals surface area (Å²) in [5.74, 6) is 0.252. The van der Waals surface area contributed by atoms with Crippen LogP contribution in [0.15, 0.2) is 35.2 Å². The Morgan fingerprint density at radius 2 is 1.65 bits per heavy atom. The van der Waals surface area contributed by atoms with Crippen molar-refractivity contribution in [3.8, 4) is 0 Å². The summed E-state index contributed by atoms with van der Waals surface area (Å²) in [4.78, 5) is 11.3. The van der Waals surface area contributed by atoms with Gasteiger partial charge < -0.3 is 0 Å². The maximum Gasteiger partial charge on any atom is 0.243 e. The molecule has 1 aliphatic carbocycles. The number of Topliss-reactive ketones (excluding diaryl/α,β-unsaturated/α-hetero) is 1. The highest BCUT2D eigenvalue weighted by molar-refractivity contribution is 7.89. The van der Waals surface area contributed by atoms with Crippen LogP contribution in [-0.4, -0.2) is 31.6 Å². The van der Waals surface area contributed by atoms with Gasteiger partial charge in [0.2, 0.25) is 10.0 Å². The molecule has 3 rings (SSSR count). The van der Waals surface area contributed by atoms with Gasteiger partial charge in [-0.3, -0.25) is 4.79 Å². The van der Waals surface area contributed by atoms with Crippen LogP contribution in [0.2, 0.25) is 0 Å². The SMILES string of the molecule is O=C1CC2(C1)CN(S(=O)(=O)c1ccccc1)C2. The summed E-state index contributed by atoms with van der Waals surface area (Å²) < 4.78 is 25.8. The zero-order chi connectivity index (χ0) is 12.1. The van der Waals surface area contributed by atoms with Crippen molar-refractivity contribution in [3.05, 3.63) is 30.3 Å². The van der Waals surface area contributed by atoms with Crippen LogP contribution >= 0.6 is 0 Å². The van der Waals surface area contributed by atoms with Crippen LogP contribution in [0.3, 0.4) is 0 Å². The van der Waals surface area contributed by atoms with Gasteiger partial charge in [-0.25, -0.2) is 8.42 Å². The van der Waals surface area contributed by atoms with Crippen molar-refractivity contribution >= 4 is 15.8 Å². The van der Waals surface area contributed by atoms with E-state index in [2.05, 4.69) is 0 Å². The van der Waals surface area contributed by atoms with Gasteiger partial charge in [-0.1, -0.05) is 18.2 Å². The van der Waals surface area contributed by atoms with Crippen molar-refractivity contribution in [3.63, 3.8) is 0 Å². The van der Waals surface area contributed by atoms with E-state index < -0.39 is 10.0 Å². The van der Waals surface area contributed by atoms with Gasteiger partial charge in [0, 0.05) is 31.3 Å². The highest BCUT2D eigenvalue weighted by atomic mass is 32.2. The number of hydrogen-bond acceptors (Lipinski definition) is 3. The number of benzene rings is 1. The van der Waals surface area contributed by atoms with Crippen LogP contribution in [-0.2, 0) is 14.8 Å². The molecular weight excluding hydrogens is 238 g/mol. The Balaban J connectivity index is 1.77. The Hall–Kier alpha value is -1.20. The monoisotopic (exact) mass is 251 g/mol. The van der Waals surface area contributed by atoms with Crippen molar-refractivity contribution in [2.45, 2.75) is 17.7 Å². The summed E-state index contributed by atoms with van der Waals surface area (Å²) in [5, 5.41) is 0. The molecular formula is C12H13NO3S. The first kappa shape index (κ1) is 10.9. The fourth-order valence-corrected chi connectivity index (χ4v) is 4.31. The number of nitrogens with zero attached hydrogens (tertiary/aromatic N) is 1. The molecule has 1 heterocycles. The van der Waals surface area contributed by atoms with Crippen molar-refractivity contribution in [2.75, 3.05) is 13.1 Å². The van der Waals surface area contributed by atoms with Gasteiger partial charge in [-0.05, 0) is 12.1 Å².